The largest absolute Gasteiger partial charge is 0.459 e. The summed E-state index contributed by atoms with van der Waals surface area (Å²) in [6.45, 7) is 0. The van der Waals surface area contributed by atoms with Crippen molar-refractivity contribution in [2.75, 3.05) is 10.6 Å². The van der Waals surface area contributed by atoms with Gasteiger partial charge in [-0.2, -0.15) is 5.26 Å². The van der Waals surface area contributed by atoms with Crippen LogP contribution >= 0.6 is 0 Å². The molecule has 2 aromatic heterocycles. The highest BCUT2D eigenvalue weighted by Crippen LogP contribution is 2.15. The van der Waals surface area contributed by atoms with Crippen molar-refractivity contribution in [1.82, 2.24) is 10.2 Å². The van der Waals surface area contributed by atoms with Crippen molar-refractivity contribution in [2.24, 2.45) is 0 Å². The Hall–Kier alpha value is -3.66. The fraction of sp³-hybridized carbons (Fsp3) is 0. The van der Waals surface area contributed by atoms with Crippen LogP contribution in [0.3, 0.4) is 0 Å². The van der Waals surface area contributed by atoms with Crippen molar-refractivity contribution in [2.45, 2.75) is 0 Å². The number of hydrogen-bond donors (Lipinski definition) is 2. The lowest BCUT2D eigenvalue weighted by Crippen LogP contribution is -2.12. The molecule has 0 fully saturated rings. The summed E-state index contributed by atoms with van der Waals surface area (Å²) in [7, 11) is 0. The summed E-state index contributed by atoms with van der Waals surface area (Å²) in [5, 5.41) is 22.3. The number of furan rings is 1. The Balaban J connectivity index is 1.64. The van der Waals surface area contributed by atoms with Gasteiger partial charge in [0.25, 0.3) is 5.91 Å². The van der Waals surface area contributed by atoms with E-state index >= 15 is 0 Å². The summed E-state index contributed by atoms with van der Waals surface area (Å²) in [5.74, 6) is 0.645. The maximum absolute atomic E-state index is 11.8. The van der Waals surface area contributed by atoms with E-state index in [9.17, 15) is 4.79 Å². The summed E-state index contributed by atoms with van der Waals surface area (Å²) in [6.07, 6.45) is 1.42. The first kappa shape index (κ1) is 14.3. The number of carbonyl (C=O) groups is 1. The molecule has 0 unspecified atom stereocenters. The molecule has 1 amide bonds. The highest BCUT2D eigenvalue weighted by molar-refractivity contribution is 6.01. The van der Waals surface area contributed by atoms with Crippen LogP contribution < -0.4 is 10.6 Å². The molecule has 0 radical (unpaired) electrons. The number of anilines is 3. The van der Waals surface area contributed by atoms with Crippen molar-refractivity contribution >= 4 is 23.2 Å². The molecule has 0 saturated heterocycles. The fourth-order valence-corrected chi connectivity index (χ4v) is 1.83. The second-order valence-corrected chi connectivity index (χ2v) is 4.55. The second-order valence-electron chi connectivity index (χ2n) is 4.55. The molecular formula is C16H11N5O2. The highest BCUT2D eigenvalue weighted by atomic mass is 16.3. The molecule has 23 heavy (non-hydrogen) atoms. The first-order chi connectivity index (χ1) is 11.2. The number of rotatable bonds is 4. The topological polar surface area (TPSA) is 104 Å². The van der Waals surface area contributed by atoms with Gasteiger partial charge in [-0.15, -0.1) is 10.2 Å². The van der Waals surface area contributed by atoms with E-state index < -0.39 is 5.91 Å². The highest BCUT2D eigenvalue weighted by Gasteiger charge is 2.09. The first-order valence-electron chi connectivity index (χ1n) is 6.70. The number of benzene rings is 1. The number of carbonyl (C=O) groups excluding carboxylic acids is 1. The molecule has 0 atom stereocenters. The smallest absolute Gasteiger partial charge is 0.292 e. The van der Waals surface area contributed by atoms with Gasteiger partial charge in [0.15, 0.2) is 17.4 Å². The van der Waals surface area contributed by atoms with Crippen molar-refractivity contribution < 1.29 is 9.21 Å². The van der Waals surface area contributed by atoms with Gasteiger partial charge in [0.2, 0.25) is 0 Å². The lowest BCUT2D eigenvalue weighted by molar-refractivity contribution is 0.0996. The molecule has 0 aliphatic rings. The molecule has 112 valence electrons. The molecule has 0 bridgehead atoms. The Kier molecular flexibility index (Phi) is 3.98. The van der Waals surface area contributed by atoms with E-state index in [1.807, 2.05) is 0 Å². The van der Waals surface area contributed by atoms with Gasteiger partial charge in [0, 0.05) is 5.69 Å². The monoisotopic (exact) mass is 305 g/mol. The summed E-state index contributed by atoms with van der Waals surface area (Å²) in [5.41, 5.74) is 1.36. The third kappa shape index (κ3) is 3.51. The van der Waals surface area contributed by atoms with Gasteiger partial charge >= 0.3 is 0 Å². The quantitative estimate of drug-likeness (QED) is 0.768. The van der Waals surface area contributed by atoms with E-state index in [0.717, 1.165) is 5.69 Å². The zero-order valence-electron chi connectivity index (χ0n) is 11.9. The van der Waals surface area contributed by atoms with Crippen molar-refractivity contribution in [3.05, 3.63) is 66.1 Å². The third-order valence-corrected chi connectivity index (χ3v) is 2.94. The Bertz CT molecular complexity index is 834. The molecule has 0 saturated carbocycles. The maximum atomic E-state index is 11.8. The molecule has 1 aromatic carbocycles. The Morgan fingerprint density at radius 2 is 1.78 bits per heavy atom. The van der Waals surface area contributed by atoms with Gasteiger partial charge in [-0.3, -0.25) is 4.79 Å². The van der Waals surface area contributed by atoms with E-state index in [1.165, 1.54) is 6.26 Å². The van der Waals surface area contributed by atoms with Crippen LogP contribution in [0, 0.1) is 11.3 Å². The number of hydrogen-bond acceptors (Lipinski definition) is 6. The average molecular weight is 305 g/mol. The van der Waals surface area contributed by atoms with Crippen LogP contribution in [0.1, 0.15) is 16.1 Å². The van der Waals surface area contributed by atoms with E-state index in [-0.39, 0.29) is 5.76 Å². The lowest BCUT2D eigenvalue weighted by Gasteiger charge is -2.06. The molecular weight excluding hydrogens is 294 g/mol. The van der Waals surface area contributed by atoms with E-state index in [4.69, 9.17) is 9.68 Å². The zero-order chi connectivity index (χ0) is 16.1. The minimum Gasteiger partial charge on any atom is -0.459 e. The number of nitriles is 1. The van der Waals surface area contributed by atoms with Crippen LogP contribution in [0.15, 0.2) is 59.2 Å². The molecule has 0 spiro atoms. The Morgan fingerprint density at radius 3 is 2.39 bits per heavy atom. The minimum atomic E-state index is -0.392. The number of nitrogens with one attached hydrogen (secondary N) is 2. The van der Waals surface area contributed by atoms with Crippen molar-refractivity contribution in [3.8, 4) is 6.07 Å². The second kappa shape index (κ2) is 6.41. The minimum absolute atomic E-state index is 0.201. The third-order valence-electron chi connectivity index (χ3n) is 2.94. The van der Waals surface area contributed by atoms with Crippen LogP contribution in [-0.2, 0) is 0 Å². The Labute approximate surface area is 131 Å². The molecule has 7 nitrogen and oxygen atoms in total. The van der Waals surface area contributed by atoms with E-state index in [0.29, 0.717) is 17.2 Å². The van der Waals surface area contributed by atoms with Crippen LogP contribution in [0.2, 0.25) is 0 Å². The number of nitrogens with zero attached hydrogens (tertiary/aromatic N) is 3. The fourth-order valence-electron chi connectivity index (χ4n) is 1.83. The maximum Gasteiger partial charge on any atom is 0.292 e. The molecule has 2 N–H and O–H groups in total. The van der Waals surface area contributed by atoms with Gasteiger partial charge in [-0.25, -0.2) is 0 Å². The lowest BCUT2D eigenvalue weighted by atomic mass is 10.2. The van der Waals surface area contributed by atoms with E-state index in [2.05, 4.69) is 26.9 Å². The van der Waals surface area contributed by atoms with Gasteiger partial charge in [-0.05, 0) is 48.5 Å². The summed E-state index contributed by atoms with van der Waals surface area (Å²) < 4.78 is 4.99. The zero-order valence-corrected chi connectivity index (χ0v) is 11.9. The van der Waals surface area contributed by atoms with Gasteiger partial charge in [0.1, 0.15) is 0 Å². The van der Waals surface area contributed by atoms with Gasteiger partial charge in [-0.1, -0.05) is 0 Å². The van der Waals surface area contributed by atoms with E-state index in [1.54, 1.807) is 48.5 Å². The Morgan fingerprint density at radius 1 is 1.04 bits per heavy atom. The average Bonchev–Trinajstić information content (AvgIpc) is 3.12. The van der Waals surface area contributed by atoms with Crippen molar-refractivity contribution in [1.29, 1.82) is 5.26 Å². The number of aromatic nitrogens is 2. The molecule has 3 aromatic rings. The number of amides is 1. The molecule has 0 aliphatic heterocycles. The van der Waals surface area contributed by atoms with Gasteiger partial charge in [0.05, 0.1) is 17.9 Å². The van der Waals surface area contributed by atoms with Crippen LogP contribution in [-0.4, -0.2) is 16.1 Å². The van der Waals surface area contributed by atoms with Gasteiger partial charge < -0.3 is 15.1 Å². The molecule has 3 rings (SSSR count). The molecule has 0 aliphatic carbocycles. The molecule has 7 heteroatoms. The summed E-state index contributed by atoms with van der Waals surface area (Å²) >= 11 is 0. The van der Waals surface area contributed by atoms with Crippen LogP contribution in [0.4, 0.5) is 17.3 Å². The SMILES string of the molecule is N#Cc1ccc(Nc2ccc(NC(=O)c3ccco3)nn2)cc1. The predicted octanol–water partition coefficient (Wildman–Crippen LogP) is 2.94. The molecule has 2 heterocycles. The van der Waals surface area contributed by atoms with Crippen molar-refractivity contribution in [3.63, 3.8) is 0 Å². The summed E-state index contributed by atoms with van der Waals surface area (Å²) in [4.78, 5) is 11.8. The normalized spacial score (nSPS) is 9.87. The summed E-state index contributed by atoms with van der Waals surface area (Å²) in [6, 6.07) is 15.5. The first-order valence-corrected chi connectivity index (χ1v) is 6.70. The predicted molar refractivity (Wildman–Crippen MR) is 83.1 cm³/mol. The standard InChI is InChI=1S/C16H11N5O2/c17-10-11-3-5-12(6-4-11)18-14-7-8-15(21-20-14)19-16(22)13-2-1-9-23-13/h1-9H,(H,18,20)(H,19,21,22). The van der Waals surface area contributed by atoms with Crippen LogP contribution in [0.5, 0.6) is 0 Å². The van der Waals surface area contributed by atoms with Crippen LogP contribution in [0.25, 0.3) is 0 Å².